The first-order valence-corrected chi connectivity index (χ1v) is 10.0. The molecule has 1 amide bonds. The Morgan fingerprint density at radius 3 is 2.52 bits per heavy atom. The number of aryl methyl sites for hydroxylation is 1. The predicted octanol–water partition coefficient (Wildman–Crippen LogP) is 3.78. The minimum absolute atomic E-state index is 0.0597. The van der Waals surface area contributed by atoms with Gasteiger partial charge in [0.15, 0.2) is 0 Å². The van der Waals surface area contributed by atoms with E-state index in [1.165, 1.54) is 11.3 Å². The van der Waals surface area contributed by atoms with Gasteiger partial charge in [0.05, 0.1) is 6.54 Å². The van der Waals surface area contributed by atoms with Crippen LogP contribution in [-0.4, -0.2) is 50.1 Å². The topological polar surface area (TPSA) is 35.6 Å². The SMILES string of the molecule is Cc1ccccc1N1CCN(CC(=O)NCCc2ccc(Cl)cc2Cl)CC1. The quantitative estimate of drug-likeness (QED) is 0.793. The van der Waals surface area contributed by atoms with Gasteiger partial charge in [-0.2, -0.15) is 0 Å². The lowest BCUT2D eigenvalue weighted by Gasteiger charge is -2.36. The van der Waals surface area contributed by atoms with Crippen molar-refractivity contribution in [3.8, 4) is 0 Å². The van der Waals surface area contributed by atoms with Crippen molar-refractivity contribution in [1.82, 2.24) is 10.2 Å². The molecule has 0 bridgehead atoms. The molecular formula is C21H25Cl2N3O. The Labute approximate surface area is 171 Å². The number of piperazine rings is 1. The second-order valence-electron chi connectivity index (χ2n) is 6.89. The number of nitrogens with one attached hydrogen (secondary N) is 1. The second kappa shape index (κ2) is 9.45. The average Bonchev–Trinajstić information content (AvgIpc) is 2.65. The first kappa shape index (κ1) is 20.0. The van der Waals surface area contributed by atoms with Crippen molar-refractivity contribution in [3.05, 3.63) is 63.6 Å². The number of para-hydroxylation sites is 1. The molecule has 1 heterocycles. The van der Waals surface area contributed by atoms with Gasteiger partial charge >= 0.3 is 0 Å². The molecule has 144 valence electrons. The fourth-order valence-electron chi connectivity index (χ4n) is 3.39. The van der Waals surface area contributed by atoms with Crippen molar-refractivity contribution < 1.29 is 4.79 Å². The highest BCUT2D eigenvalue weighted by atomic mass is 35.5. The van der Waals surface area contributed by atoms with Crippen LogP contribution in [0, 0.1) is 6.92 Å². The van der Waals surface area contributed by atoms with E-state index in [9.17, 15) is 4.79 Å². The Balaban J connectivity index is 1.40. The van der Waals surface area contributed by atoms with Gasteiger partial charge in [-0.25, -0.2) is 0 Å². The van der Waals surface area contributed by atoms with Crippen molar-refractivity contribution in [2.24, 2.45) is 0 Å². The van der Waals surface area contributed by atoms with Gasteiger partial charge in [0.1, 0.15) is 0 Å². The highest BCUT2D eigenvalue weighted by molar-refractivity contribution is 6.35. The molecule has 0 atom stereocenters. The lowest BCUT2D eigenvalue weighted by Crippen LogP contribution is -2.49. The van der Waals surface area contributed by atoms with Crippen LogP contribution in [-0.2, 0) is 11.2 Å². The number of hydrogen-bond donors (Lipinski definition) is 1. The molecule has 2 aromatic carbocycles. The maximum absolute atomic E-state index is 12.2. The van der Waals surface area contributed by atoms with Gasteiger partial charge in [-0.1, -0.05) is 47.5 Å². The van der Waals surface area contributed by atoms with Gasteiger partial charge in [-0.3, -0.25) is 9.69 Å². The van der Waals surface area contributed by atoms with E-state index in [4.69, 9.17) is 23.2 Å². The molecule has 1 saturated heterocycles. The van der Waals surface area contributed by atoms with E-state index in [1.54, 1.807) is 6.07 Å². The van der Waals surface area contributed by atoms with E-state index >= 15 is 0 Å². The van der Waals surface area contributed by atoms with Crippen LogP contribution in [0.1, 0.15) is 11.1 Å². The zero-order valence-electron chi connectivity index (χ0n) is 15.5. The zero-order chi connectivity index (χ0) is 19.2. The molecule has 0 radical (unpaired) electrons. The first-order valence-electron chi connectivity index (χ1n) is 9.26. The predicted molar refractivity (Wildman–Crippen MR) is 113 cm³/mol. The number of carbonyl (C=O) groups is 1. The van der Waals surface area contributed by atoms with Crippen molar-refractivity contribution in [2.45, 2.75) is 13.3 Å². The van der Waals surface area contributed by atoms with E-state index in [2.05, 4.69) is 46.3 Å². The first-order chi connectivity index (χ1) is 13.0. The number of amides is 1. The summed E-state index contributed by atoms with van der Waals surface area (Å²) in [6.07, 6.45) is 0.697. The molecule has 27 heavy (non-hydrogen) atoms. The molecule has 2 aromatic rings. The Kier molecular flexibility index (Phi) is 7.00. The maximum Gasteiger partial charge on any atom is 0.234 e. The number of nitrogens with zero attached hydrogens (tertiary/aromatic N) is 2. The molecule has 1 aliphatic heterocycles. The van der Waals surface area contributed by atoms with Gasteiger partial charge in [-0.05, 0) is 42.7 Å². The van der Waals surface area contributed by atoms with Gasteiger partial charge < -0.3 is 10.2 Å². The number of halogens is 2. The fraction of sp³-hybridized carbons (Fsp3) is 0.381. The Hall–Kier alpha value is -1.75. The summed E-state index contributed by atoms with van der Waals surface area (Å²) in [5.74, 6) is 0.0597. The van der Waals surface area contributed by atoms with E-state index < -0.39 is 0 Å². The number of rotatable bonds is 6. The van der Waals surface area contributed by atoms with Crippen LogP contribution in [0.2, 0.25) is 10.0 Å². The minimum Gasteiger partial charge on any atom is -0.369 e. The standard InChI is InChI=1S/C21H25Cl2N3O/c1-16-4-2-3-5-20(16)26-12-10-25(11-13-26)15-21(27)24-9-8-17-6-7-18(22)14-19(17)23/h2-7,14H,8-13,15H2,1H3,(H,24,27). The van der Waals surface area contributed by atoms with Gasteiger partial charge in [0.2, 0.25) is 5.91 Å². The van der Waals surface area contributed by atoms with Crippen LogP contribution < -0.4 is 10.2 Å². The Morgan fingerprint density at radius 1 is 1.07 bits per heavy atom. The molecule has 4 nitrogen and oxygen atoms in total. The lowest BCUT2D eigenvalue weighted by molar-refractivity contribution is -0.122. The van der Waals surface area contributed by atoms with Crippen LogP contribution in [0.25, 0.3) is 0 Å². The molecule has 0 unspecified atom stereocenters. The summed E-state index contributed by atoms with van der Waals surface area (Å²) in [7, 11) is 0. The summed E-state index contributed by atoms with van der Waals surface area (Å²) in [6, 6.07) is 13.9. The average molecular weight is 406 g/mol. The fourth-order valence-corrected chi connectivity index (χ4v) is 3.89. The van der Waals surface area contributed by atoms with Gasteiger partial charge in [-0.15, -0.1) is 0 Å². The monoisotopic (exact) mass is 405 g/mol. The van der Waals surface area contributed by atoms with Crippen LogP contribution >= 0.6 is 23.2 Å². The third-order valence-corrected chi connectivity index (χ3v) is 5.51. The van der Waals surface area contributed by atoms with Crippen molar-refractivity contribution in [2.75, 3.05) is 44.2 Å². The summed E-state index contributed by atoms with van der Waals surface area (Å²) < 4.78 is 0. The summed E-state index contributed by atoms with van der Waals surface area (Å²) in [6.45, 7) is 6.83. The van der Waals surface area contributed by atoms with E-state index in [1.807, 2.05) is 12.1 Å². The molecular weight excluding hydrogens is 381 g/mol. The van der Waals surface area contributed by atoms with Gasteiger partial charge in [0.25, 0.3) is 0 Å². The molecule has 0 aliphatic carbocycles. The molecule has 6 heteroatoms. The molecule has 1 fully saturated rings. The highest BCUT2D eigenvalue weighted by Crippen LogP contribution is 2.21. The normalized spacial score (nSPS) is 15.0. The third kappa shape index (κ3) is 5.61. The van der Waals surface area contributed by atoms with Crippen LogP contribution in [0.4, 0.5) is 5.69 Å². The molecule has 0 spiro atoms. The summed E-state index contributed by atoms with van der Waals surface area (Å²) >= 11 is 12.1. The molecule has 1 N–H and O–H groups in total. The van der Waals surface area contributed by atoms with Crippen molar-refractivity contribution in [1.29, 1.82) is 0 Å². The summed E-state index contributed by atoms with van der Waals surface area (Å²) in [5.41, 5.74) is 3.58. The molecule has 0 aromatic heterocycles. The van der Waals surface area contributed by atoms with Crippen LogP contribution in [0.15, 0.2) is 42.5 Å². The zero-order valence-corrected chi connectivity index (χ0v) is 17.1. The van der Waals surface area contributed by atoms with Crippen LogP contribution in [0.3, 0.4) is 0 Å². The number of hydrogen-bond acceptors (Lipinski definition) is 3. The number of benzene rings is 2. The summed E-state index contributed by atoms with van der Waals surface area (Å²) in [5, 5.41) is 4.25. The smallest absolute Gasteiger partial charge is 0.234 e. The van der Waals surface area contributed by atoms with Gasteiger partial charge in [0, 0.05) is 48.5 Å². The molecule has 3 rings (SSSR count). The van der Waals surface area contributed by atoms with E-state index in [0.717, 1.165) is 31.7 Å². The third-order valence-electron chi connectivity index (χ3n) is 4.93. The van der Waals surface area contributed by atoms with E-state index in [-0.39, 0.29) is 5.91 Å². The lowest BCUT2D eigenvalue weighted by atomic mass is 10.1. The second-order valence-corrected chi connectivity index (χ2v) is 7.73. The van der Waals surface area contributed by atoms with Crippen molar-refractivity contribution >= 4 is 34.8 Å². The summed E-state index contributed by atoms with van der Waals surface area (Å²) in [4.78, 5) is 16.8. The largest absolute Gasteiger partial charge is 0.369 e. The highest BCUT2D eigenvalue weighted by Gasteiger charge is 2.19. The van der Waals surface area contributed by atoms with E-state index in [0.29, 0.717) is 29.6 Å². The van der Waals surface area contributed by atoms with Crippen LogP contribution in [0.5, 0.6) is 0 Å². The Morgan fingerprint density at radius 2 is 1.81 bits per heavy atom. The molecule has 1 aliphatic rings. The minimum atomic E-state index is 0.0597. The van der Waals surface area contributed by atoms with Crippen molar-refractivity contribution in [3.63, 3.8) is 0 Å². The number of anilines is 1. The Bertz CT molecular complexity index is 789. The molecule has 0 saturated carbocycles. The number of carbonyl (C=O) groups excluding carboxylic acids is 1. The maximum atomic E-state index is 12.2.